The first-order valence-corrected chi connectivity index (χ1v) is 3.57. The van der Waals surface area contributed by atoms with E-state index in [4.69, 9.17) is 16.9 Å². The average Bonchev–Trinajstić information content (AvgIpc) is 2.37. The second kappa shape index (κ2) is 3.22. The molecule has 0 saturated heterocycles. The van der Waals surface area contributed by atoms with Gasteiger partial charge < -0.3 is 9.23 Å². The molecule has 0 amide bonds. The van der Waals surface area contributed by atoms with Gasteiger partial charge in [-0.3, -0.25) is 0 Å². The summed E-state index contributed by atoms with van der Waals surface area (Å²) in [6, 6.07) is 1.75. The monoisotopic (exact) mass is 162 g/mol. The summed E-state index contributed by atoms with van der Waals surface area (Å²) in [4.78, 5) is 0. The van der Waals surface area contributed by atoms with Crippen LogP contribution in [-0.2, 0) is 4.21 Å². The first kappa shape index (κ1) is 7.09. The lowest BCUT2D eigenvalue weighted by Crippen LogP contribution is -2.28. The van der Waals surface area contributed by atoms with Gasteiger partial charge in [-0.15, -0.1) is 0 Å². The molecule has 0 aromatic carbocycles. The van der Waals surface area contributed by atoms with Crippen molar-refractivity contribution in [3.63, 3.8) is 0 Å². The van der Waals surface area contributed by atoms with Crippen molar-refractivity contribution in [3.05, 3.63) is 16.8 Å². The fourth-order valence-electron chi connectivity index (χ4n) is 0.467. The fourth-order valence-corrected chi connectivity index (χ4v) is 1.24. The fraction of sp³-hybridized carbons (Fsp3) is 0. The zero-order chi connectivity index (χ0) is 6.69. The van der Waals surface area contributed by atoms with E-state index in [1.165, 1.54) is 11.3 Å². The van der Waals surface area contributed by atoms with Crippen LogP contribution in [0.2, 0.25) is 0 Å². The highest BCUT2D eigenvalue weighted by molar-refractivity contribution is 7.09. The van der Waals surface area contributed by atoms with Crippen LogP contribution in [-0.4, -0.2) is 12.1 Å². The molecule has 0 radical (unpaired) electrons. The molecule has 1 aromatic heterocycles. The van der Waals surface area contributed by atoms with Crippen LogP contribution in [0.5, 0.6) is 0 Å². The summed E-state index contributed by atoms with van der Waals surface area (Å²) < 4.78 is 4.13. The van der Waals surface area contributed by atoms with Gasteiger partial charge in [0.05, 0.1) is 0 Å². The minimum absolute atomic E-state index is 0.690. The summed E-state index contributed by atoms with van der Waals surface area (Å²) in [7, 11) is -0.988. The normalized spacial score (nSPS) is 9.56. The topological polar surface area (TPSA) is 29.5 Å². The molecule has 1 heterocycles. The predicted octanol–water partition coefficient (Wildman–Crippen LogP) is 0.606. The molecular weight excluding hydrogens is 158 g/mol. The molecule has 0 aliphatic heterocycles. The molecule has 0 fully saturated rings. The second-order valence-electron chi connectivity index (χ2n) is 1.50. The van der Waals surface area contributed by atoms with Crippen LogP contribution in [0.1, 0.15) is 0 Å². The molecule has 2 nitrogen and oxygen atoms in total. The Balaban J connectivity index is 2.65. The molecule has 1 N–H and O–H groups in total. The van der Waals surface area contributed by atoms with Gasteiger partial charge in [0, 0.05) is 11.9 Å². The minimum Gasteiger partial charge on any atom is -0.422 e. The van der Waals surface area contributed by atoms with Crippen LogP contribution >= 0.6 is 23.2 Å². The van der Waals surface area contributed by atoms with E-state index in [1.54, 1.807) is 11.4 Å². The average molecular weight is 162 g/mol. The van der Waals surface area contributed by atoms with E-state index in [2.05, 4.69) is 4.21 Å². The molecule has 9 heavy (non-hydrogen) atoms. The summed E-state index contributed by atoms with van der Waals surface area (Å²) in [5.74, 6) is 0. The Morgan fingerprint density at radius 1 is 1.78 bits per heavy atom. The molecule has 1 aromatic rings. The molecule has 48 valence electrons. The molecule has 0 unspecified atom stereocenters. The van der Waals surface area contributed by atoms with Crippen molar-refractivity contribution >= 4 is 35.8 Å². The van der Waals surface area contributed by atoms with E-state index >= 15 is 0 Å². The van der Waals surface area contributed by atoms with Crippen molar-refractivity contribution in [2.45, 2.75) is 0 Å². The smallest absolute Gasteiger partial charge is 0.422 e. The minimum atomic E-state index is -0.988. The van der Waals surface area contributed by atoms with Gasteiger partial charge in [0.15, 0.2) is 0 Å². The van der Waals surface area contributed by atoms with Crippen molar-refractivity contribution < 1.29 is 9.23 Å². The van der Waals surface area contributed by atoms with Crippen molar-refractivity contribution in [1.82, 2.24) is 0 Å². The van der Waals surface area contributed by atoms with E-state index in [-0.39, 0.29) is 0 Å². The lowest BCUT2D eigenvalue weighted by atomic mass is 9.83. The van der Waals surface area contributed by atoms with Crippen molar-refractivity contribution in [3.8, 4) is 0 Å². The number of hydrogen-bond acceptors (Lipinski definition) is 3. The summed E-state index contributed by atoms with van der Waals surface area (Å²) in [6.07, 6.45) is 0. The third kappa shape index (κ3) is 1.69. The zero-order valence-electron chi connectivity index (χ0n) is 4.45. The highest BCUT2D eigenvalue weighted by atomic mass is 35.5. The summed E-state index contributed by atoms with van der Waals surface area (Å²) >= 11 is 6.38. The maximum absolute atomic E-state index is 8.87. The van der Waals surface area contributed by atoms with Crippen LogP contribution in [0.25, 0.3) is 0 Å². The maximum atomic E-state index is 8.87. The SMILES string of the molecule is OB(OCl)c1ccsc1. The highest BCUT2D eigenvalue weighted by Gasteiger charge is 2.15. The molecule has 0 atom stereocenters. The van der Waals surface area contributed by atoms with Gasteiger partial charge in [0.2, 0.25) is 0 Å². The quantitative estimate of drug-likeness (QED) is 0.646. The molecule has 0 aliphatic rings. The van der Waals surface area contributed by atoms with E-state index in [0.29, 0.717) is 5.46 Å². The van der Waals surface area contributed by atoms with Crippen molar-refractivity contribution in [2.75, 3.05) is 0 Å². The van der Waals surface area contributed by atoms with Gasteiger partial charge in [-0.1, -0.05) is 6.07 Å². The van der Waals surface area contributed by atoms with E-state index < -0.39 is 7.12 Å². The maximum Gasteiger partial charge on any atom is 0.509 e. The van der Waals surface area contributed by atoms with Gasteiger partial charge in [0.25, 0.3) is 0 Å². The van der Waals surface area contributed by atoms with Crippen LogP contribution in [0, 0.1) is 0 Å². The first-order valence-electron chi connectivity index (χ1n) is 2.32. The first-order chi connectivity index (χ1) is 4.34. The Bertz CT molecular complexity index is 167. The van der Waals surface area contributed by atoms with E-state index in [1.807, 2.05) is 5.38 Å². The van der Waals surface area contributed by atoms with Crippen LogP contribution in [0.3, 0.4) is 0 Å². The van der Waals surface area contributed by atoms with Crippen LogP contribution < -0.4 is 5.46 Å². The predicted molar refractivity (Wildman–Crippen MR) is 38.9 cm³/mol. The van der Waals surface area contributed by atoms with E-state index in [0.717, 1.165) is 0 Å². The summed E-state index contributed by atoms with van der Waals surface area (Å²) in [5, 5.41) is 12.5. The summed E-state index contributed by atoms with van der Waals surface area (Å²) in [6.45, 7) is 0. The summed E-state index contributed by atoms with van der Waals surface area (Å²) in [5.41, 5.74) is 0.690. The van der Waals surface area contributed by atoms with Gasteiger partial charge in [0.1, 0.15) is 0 Å². The Labute approximate surface area is 62.3 Å². The number of hydrogen-bond donors (Lipinski definition) is 1. The Kier molecular flexibility index (Phi) is 2.54. The Morgan fingerprint density at radius 3 is 3.00 bits per heavy atom. The molecular formula is C4H4BClO2S. The zero-order valence-corrected chi connectivity index (χ0v) is 6.02. The van der Waals surface area contributed by atoms with Gasteiger partial charge in [-0.2, -0.15) is 11.3 Å². The molecule has 5 heteroatoms. The van der Waals surface area contributed by atoms with Crippen molar-refractivity contribution in [1.29, 1.82) is 0 Å². The van der Waals surface area contributed by atoms with Gasteiger partial charge in [-0.05, 0) is 16.2 Å². The molecule has 1 rings (SSSR count). The van der Waals surface area contributed by atoms with E-state index in [9.17, 15) is 0 Å². The van der Waals surface area contributed by atoms with Gasteiger partial charge >= 0.3 is 7.12 Å². The largest absolute Gasteiger partial charge is 0.509 e. The molecule has 0 bridgehead atoms. The van der Waals surface area contributed by atoms with Crippen LogP contribution in [0.4, 0.5) is 0 Å². The number of thiophene rings is 1. The second-order valence-corrected chi connectivity index (χ2v) is 2.46. The third-order valence-electron chi connectivity index (χ3n) is 0.913. The Hall–Kier alpha value is -0.0251. The third-order valence-corrected chi connectivity index (χ3v) is 1.78. The van der Waals surface area contributed by atoms with Crippen molar-refractivity contribution in [2.24, 2.45) is 0 Å². The lowest BCUT2D eigenvalue weighted by molar-refractivity contribution is 0.457. The highest BCUT2D eigenvalue weighted by Crippen LogP contribution is 1.95. The number of rotatable bonds is 2. The molecule has 0 saturated carbocycles. The Morgan fingerprint density at radius 2 is 2.56 bits per heavy atom. The van der Waals surface area contributed by atoms with Crippen LogP contribution in [0.15, 0.2) is 16.8 Å². The molecule has 0 spiro atoms. The standard InChI is InChI=1S/C4H4BClO2S/c6-8-5(7)4-1-2-9-3-4/h1-3,7H. The molecule has 0 aliphatic carbocycles. The number of halogens is 1. The lowest BCUT2D eigenvalue weighted by Gasteiger charge is -1.93. The van der Waals surface area contributed by atoms with Gasteiger partial charge in [-0.25, -0.2) is 0 Å².